The van der Waals surface area contributed by atoms with Crippen LogP contribution in [0.25, 0.3) is 0 Å². The van der Waals surface area contributed by atoms with Gasteiger partial charge < -0.3 is 10.1 Å². The van der Waals surface area contributed by atoms with E-state index >= 15 is 0 Å². The molecule has 3 rings (SSSR count). The quantitative estimate of drug-likeness (QED) is 0.827. The van der Waals surface area contributed by atoms with Crippen molar-refractivity contribution in [2.45, 2.75) is 24.3 Å². The van der Waals surface area contributed by atoms with Gasteiger partial charge in [-0.25, -0.2) is 8.42 Å². The fraction of sp³-hybridized carbons (Fsp3) is 0.300. The van der Waals surface area contributed by atoms with E-state index in [0.717, 1.165) is 11.8 Å². The maximum absolute atomic E-state index is 12.5. The van der Waals surface area contributed by atoms with Crippen LogP contribution in [0, 0.1) is 0 Å². The van der Waals surface area contributed by atoms with Crippen molar-refractivity contribution >= 4 is 27.3 Å². The second-order valence-electron chi connectivity index (χ2n) is 6.68. The van der Waals surface area contributed by atoms with Crippen LogP contribution in [0.15, 0.2) is 53.4 Å². The van der Waals surface area contributed by atoms with Crippen LogP contribution in [0.1, 0.15) is 24.9 Å². The minimum Gasteiger partial charge on any atom is -0.491 e. The Balaban J connectivity index is 1.70. The van der Waals surface area contributed by atoms with Crippen LogP contribution in [-0.4, -0.2) is 39.6 Å². The molecule has 1 aliphatic rings. The molecule has 0 spiro atoms. The number of nitrogens with one attached hydrogen (secondary N) is 1. The van der Waals surface area contributed by atoms with E-state index in [2.05, 4.69) is 5.32 Å². The minimum atomic E-state index is -3.27. The molecule has 1 N–H and O–H groups in total. The lowest BCUT2D eigenvalue weighted by molar-refractivity contribution is -0.124. The van der Waals surface area contributed by atoms with Gasteiger partial charge in [-0.1, -0.05) is 24.3 Å². The zero-order chi connectivity index (χ0) is 20.3. The molecule has 0 saturated carbocycles. The molecule has 148 valence electrons. The Morgan fingerprint density at radius 2 is 1.86 bits per heavy atom. The highest BCUT2D eigenvalue weighted by Crippen LogP contribution is 2.30. The molecule has 0 fully saturated rings. The molecular formula is C20H22N2O5S. The number of rotatable bonds is 5. The van der Waals surface area contributed by atoms with Gasteiger partial charge in [-0.3, -0.25) is 14.5 Å². The van der Waals surface area contributed by atoms with Crippen molar-refractivity contribution < 1.29 is 22.7 Å². The third kappa shape index (κ3) is 4.51. The van der Waals surface area contributed by atoms with Crippen LogP contribution in [-0.2, 0) is 19.4 Å². The topological polar surface area (TPSA) is 92.8 Å². The van der Waals surface area contributed by atoms with Crippen molar-refractivity contribution in [3.05, 3.63) is 54.1 Å². The van der Waals surface area contributed by atoms with Gasteiger partial charge in [-0.15, -0.1) is 0 Å². The number of para-hydroxylation sites is 2. The monoisotopic (exact) mass is 402 g/mol. The maximum atomic E-state index is 12.5. The molecule has 8 heteroatoms. The predicted molar refractivity (Wildman–Crippen MR) is 105 cm³/mol. The molecule has 1 unspecified atom stereocenters. The molecule has 1 heterocycles. The third-order valence-electron chi connectivity index (χ3n) is 4.52. The number of amides is 2. The smallest absolute Gasteiger partial charge is 0.240 e. The van der Waals surface area contributed by atoms with Crippen molar-refractivity contribution in [3.8, 4) is 5.75 Å². The van der Waals surface area contributed by atoms with Crippen molar-refractivity contribution in [2.75, 3.05) is 24.3 Å². The molecule has 2 aromatic rings. The second kappa shape index (κ2) is 8.02. The van der Waals surface area contributed by atoms with E-state index in [1.54, 1.807) is 37.3 Å². The number of hydrogen-bond donors (Lipinski definition) is 1. The summed E-state index contributed by atoms with van der Waals surface area (Å²) in [6.45, 7) is 1.96. The summed E-state index contributed by atoms with van der Waals surface area (Å²) < 4.78 is 28.7. The summed E-state index contributed by atoms with van der Waals surface area (Å²) in [6, 6.07) is 13.1. The number of carbonyl (C=O) groups is 2. The van der Waals surface area contributed by atoms with Crippen molar-refractivity contribution in [3.63, 3.8) is 0 Å². The Labute approximate surface area is 164 Å². The number of anilines is 1. The molecule has 0 bridgehead atoms. The van der Waals surface area contributed by atoms with Crippen LogP contribution < -0.4 is 15.0 Å². The van der Waals surface area contributed by atoms with Crippen LogP contribution in [0.2, 0.25) is 0 Å². The Morgan fingerprint density at radius 3 is 2.54 bits per heavy atom. The number of nitrogens with zero attached hydrogens (tertiary/aromatic N) is 1. The van der Waals surface area contributed by atoms with Gasteiger partial charge in [-0.2, -0.15) is 0 Å². The van der Waals surface area contributed by atoms with E-state index in [1.165, 1.54) is 17.0 Å². The van der Waals surface area contributed by atoms with Crippen molar-refractivity contribution in [1.82, 2.24) is 5.32 Å². The van der Waals surface area contributed by atoms with E-state index in [-0.39, 0.29) is 42.3 Å². The number of carbonyl (C=O) groups excluding carboxylic acids is 2. The number of hydrogen-bond acceptors (Lipinski definition) is 5. The molecule has 0 aromatic heterocycles. The summed E-state index contributed by atoms with van der Waals surface area (Å²) in [4.78, 5) is 26.6. The van der Waals surface area contributed by atoms with Crippen LogP contribution in [0.5, 0.6) is 5.75 Å². The van der Waals surface area contributed by atoms with Gasteiger partial charge in [0.25, 0.3) is 0 Å². The van der Waals surface area contributed by atoms with Gasteiger partial charge in [0.1, 0.15) is 12.3 Å². The fourth-order valence-corrected chi connectivity index (χ4v) is 3.64. The minimum absolute atomic E-state index is 0.120. The summed E-state index contributed by atoms with van der Waals surface area (Å²) in [5.41, 5.74) is 1.34. The Hall–Kier alpha value is -2.87. The summed E-state index contributed by atoms with van der Waals surface area (Å²) in [6.07, 6.45) is 1.34. The normalized spacial score (nSPS) is 15.2. The lowest BCUT2D eigenvalue weighted by Crippen LogP contribution is -2.41. The first-order valence-electron chi connectivity index (χ1n) is 8.87. The molecule has 0 aliphatic carbocycles. The molecule has 1 atom stereocenters. The van der Waals surface area contributed by atoms with Gasteiger partial charge in [0.15, 0.2) is 9.84 Å². The van der Waals surface area contributed by atoms with E-state index in [0.29, 0.717) is 11.4 Å². The molecular weight excluding hydrogens is 380 g/mol. The highest BCUT2D eigenvalue weighted by molar-refractivity contribution is 7.90. The van der Waals surface area contributed by atoms with Gasteiger partial charge in [0.2, 0.25) is 11.8 Å². The molecule has 7 nitrogen and oxygen atoms in total. The van der Waals surface area contributed by atoms with Crippen LogP contribution >= 0.6 is 0 Å². The average Bonchev–Trinajstić information content (AvgIpc) is 2.80. The summed E-state index contributed by atoms with van der Waals surface area (Å²) in [5, 5.41) is 2.85. The first-order valence-corrected chi connectivity index (χ1v) is 10.8. The summed E-state index contributed by atoms with van der Waals surface area (Å²) in [5.74, 6) is 0.0839. The zero-order valence-corrected chi connectivity index (χ0v) is 16.5. The van der Waals surface area contributed by atoms with Gasteiger partial charge in [-0.05, 0) is 36.8 Å². The first kappa shape index (κ1) is 19.9. The lowest BCUT2D eigenvalue weighted by atomic mass is 10.1. The Bertz CT molecular complexity index is 986. The van der Waals surface area contributed by atoms with E-state index in [1.807, 2.05) is 6.07 Å². The van der Waals surface area contributed by atoms with Gasteiger partial charge in [0.05, 0.1) is 29.7 Å². The second-order valence-corrected chi connectivity index (χ2v) is 8.69. The molecule has 28 heavy (non-hydrogen) atoms. The molecule has 2 amide bonds. The van der Waals surface area contributed by atoms with Crippen LogP contribution in [0.4, 0.5) is 5.69 Å². The standard InChI is InChI=1S/C20H22N2O5S/c1-14(15-7-9-16(10-8-15)28(2,25)26)21-19(23)13-22-17-5-3-4-6-18(17)27-12-11-20(22)24/h3-10,14H,11-13H2,1-2H3,(H,21,23). The average molecular weight is 402 g/mol. The summed E-state index contributed by atoms with van der Waals surface area (Å²) >= 11 is 0. The lowest BCUT2D eigenvalue weighted by Gasteiger charge is -2.23. The third-order valence-corrected chi connectivity index (χ3v) is 5.65. The summed E-state index contributed by atoms with van der Waals surface area (Å²) in [7, 11) is -3.27. The van der Waals surface area contributed by atoms with Crippen molar-refractivity contribution in [1.29, 1.82) is 0 Å². The number of benzene rings is 2. The highest BCUT2D eigenvalue weighted by atomic mass is 32.2. The molecule has 2 aromatic carbocycles. The maximum Gasteiger partial charge on any atom is 0.240 e. The Kier molecular flexibility index (Phi) is 5.69. The number of fused-ring (bicyclic) bond motifs is 1. The van der Waals surface area contributed by atoms with E-state index in [9.17, 15) is 18.0 Å². The zero-order valence-electron chi connectivity index (χ0n) is 15.7. The largest absolute Gasteiger partial charge is 0.491 e. The fourth-order valence-electron chi connectivity index (χ4n) is 3.01. The Morgan fingerprint density at radius 1 is 1.18 bits per heavy atom. The first-order chi connectivity index (χ1) is 13.3. The van der Waals surface area contributed by atoms with Gasteiger partial charge >= 0.3 is 0 Å². The number of sulfone groups is 1. The van der Waals surface area contributed by atoms with E-state index < -0.39 is 9.84 Å². The molecule has 0 saturated heterocycles. The predicted octanol–water partition coefficient (Wildman–Crippen LogP) is 2.08. The number of ether oxygens (including phenoxy) is 1. The SMILES string of the molecule is CC(NC(=O)CN1C(=O)CCOc2ccccc21)c1ccc(S(C)(=O)=O)cc1. The van der Waals surface area contributed by atoms with Crippen LogP contribution in [0.3, 0.4) is 0 Å². The van der Waals surface area contributed by atoms with Crippen molar-refractivity contribution in [2.24, 2.45) is 0 Å². The molecule has 0 radical (unpaired) electrons. The van der Waals surface area contributed by atoms with Gasteiger partial charge in [0, 0.05) is 6.26 Å². The van der Waals surface area contributed by atoms with E-state index in [4.69, 9.17) is 4.74 Å². The molecule has 1 aliphatic heterocycles. The highest BCUT2D eigenvalue weighted by Gasteiger charge is 2.25.